The maximum atomic E-state index is 12.6. The van der Waals surface area contributed by atoms with Gasteiger partial charge >= 0.3 is 0 Å². The van der Waals surface area contributed by atoms with E-state index in [0.29, 0.717) is 24.0 Å². The number of amides is 1. The van der Waals surface area contributed by atoms with E-state index in [1.165, 1.54) is 38.5 Å². The molecular weight excluding hydrogens is 292 g/mol. The normalized spacial score (nSPS) is 35.8. The summed E-state index contributed by atoms with van der Waals surface area (Å²) in [6.45, 7) is 5.33. The summed E-state index contributed by atoms with van der Waals surface area (Å²) in [6, 6.07) is 0.375. The van der Waals surface area contributed by atoms with E-state index in [-0.39, 0.29) is 6.10 Å². The Labute approximate surface area is 139 Å². The third-order valence-electron chi connectivity index (χ3n) is 6.17. The molecule has 4 rings (SSSR count). The second kappa shape index (κ2) is 7.08. The highest BCUT2D eigenvalue weighted by molar-refractivity contribution is 5.77. The largest absolute Gasteiger partial charge is 0.377 e. The molecule has 3 saturated heterocycles. The van der Waals surface area contributed by atoms with Crippen molar-refractivity contribution in [3.8, 4) is 0 Å². The summed E-state index contributed by atoms with van der Waals surface area (Å²) >= 11 is 0. The summed E-state index contributed by atoms with van der Waals surface area (Å²) in [7, 11) is 0. The molecule has 1 amide bonds. The molecule has 0 N–H and O–H groups in total. The smallest absolute Gasteiger partial charge is 0.222 e. The van der Waals surface area contributed by atoms with Crippen molar-refractivity contribution < 1.29 is 14.3 Å². The Morgan fingerprint density at radius 2 is 1.87 bits per heavy atom. The van der Waals surface area contributed by atoms with Gasteiger partial charge in [-0.2, -0.15) is 0 Å². The quantitative estimate of drug-likeness (QED) is 0.789. The van der Waals surface area contributed by atoms with Gasteiger partial charge in [-0.05, 0) is 31.6 Å². The third-order valence-corrected chi connectivity index (χ3v) is 6.17. The van der Waals surface area contributed by atoms with Crippen LogP contribution < -0.4 is 0 Å². The predicted molar refractivity (Wildman–Crippen MR) is 87.2 cm³/mol. The minimum absolute atomic E-state index is 0.206. The number of carbonyl (C=O) groups is 1. The first-order valence-corrected chi connectivity index (χ1v) is 9.54. The number of ether oxygens (including phenoxy) is 2. The van der Waals surface area contributed by atoms with Gasteiger partial charge in [0.2, 0.25) is 5.91 Å². The van der Waals surface area contributed by atoms with E-state index in [1.54, 1.807) is 0 Å². The van der Waals surface area contributed by atoms with Crippen molar-refractivity contribution in [2.45, 2.75) is 63.2 Å². The molecule has 3 heterocycles. The molecule has 0 aromatic carbocycles. The standard InChI is InChI=1S/C18H30N2O3/c21-18(10-14-4-1-2-5-14)20-12-16-17(13-20)23-9-7-19(16)11-15-6-3-8-22-15/h14-17H,1-13H2/t15-,16+,17-/m0/s1. The number of carbonyl (C=O) groups excluding carboxylic acids is 1. The van der Waals surface area contributed by atoms with Crippen molar-refractivity contribution in [1.82, 2.24) is 9.80 Å². The van der Waals surface area contributed by atoms with Crippen LogP contribution in [0.5, 0.6) is 0 Å². The van der Waals surface area contributed by atoms with Gasteiger partial charge in [0.1, 0.15) is 0 Å². The fourth-order valence-corrected chi connectivity index (χ4v) is 4.83. The van der Waals surface area contributed by atoms with E-state index in [9.17, 15) is 4.79 Å². The number of likely N-dealkylation sites (tertiary alicyclic amines) is 1. The zero-order valence-electron chi connectivity index (χ0n) is 14.1. The maximum absolute atomic E-state index is 12.6. The van der Waals surface area contributed by atoms with Crippen molar-refractivity contribution in [3.05, 3.63) is 0 Å². The summed E-state index contributed by atoms with van der Waals surface area (Å²) < 4.78 is 11.8. The van der Waals surface area contributed by atoms with Crippen LogP contribution in [-0.2, 0) is 14.3 Å². The van der Waals surface area contributed by atoms with Crippen LogP contribution >= 0.6 is 0 Å². The number of nitrogens with zero attached hydrogens (tertiary/aromatic N) is 2. The summed E-state index contributed by atoms with van der Waals surface area (Å²) in [4.78, 5) is 17.2. The van der Waals surface area contributed by atoms with E-state index in [4.69, 9.17) is 9.47 Å². The van der Waals surface area contributed by atoms with Crippen LogP contribution in [0.4, 0.5) is 0 Å². The van der Waals surface area contributed by atoms with E-state index >= 15 is 0 Å². The lowest BCUT2D eigenvalue weighted by Crippen LogP contribution is -2.52. The molecule has 0 bridgehead atoms. The van der Waals surface area contributed by atoms with Crippen molar-refractivity contribution in [1.29, 1.82) is 0 Å². The Hall–Kier alpha value is -0.650. The molecule has 0 aromatic heterocycles. The monoisotopic (exact) mass is 322 g/mol. The molecule has 0 radical (unpaired) electrons. The Bertz CT molecular complexity index is 418. The Morgan fingerprint density at radius 1 is 1.00 bits per heavy atom. The SMILES string of the molecule is O=C(CC1CCCC1)N1C[C@@H]2OCCN(C[C@@H]3CCCO3)[C@@H]2C1. The fraction of sp³-hybridized carbons (Fsp3) is 0.944. The van der Waals surface area contributed by atoms with E-state index in [0.717, 1.165) is 45.8 Å². The number of hydrogen-bond donors (Lipinski definition) is 0. The van der Waals surface area contributed by atoms with Crippen LogP contribution in [-0.4, -0.2) is 73.3 Å². The Morgan fingerprint density at radius 3 is 2.65 bits per heavy atom. The molecule has 23 heavy (non-hydrogen) atoms. The molecule has 5 heteroatoms. The third kappa shape index (κ3) is 3.57. The van der Waals surface area contributed by atoms with Crippen LogP contribution in [0.1, 0.15) is 44.9 Å². The average molecular weight is 322 g/mol. The van der Waals surface area contributed by atoms with Gasteiger partial charge in [-0.1, -0.05) is 12.8 Å². The van der Waals surface area contributed by atoms with Crippen molar-refractivity contribution in [3.63, 3.8) is 0 Å². The van der Waals surface area contributed by atoms with Gasteiger partial charge in [0, 0.05) is 39.2 Å². The number of rotatable bonds is 4. The Balaban J connectivity index is 1.33. The van der Waals surface area contributed by atoms with Crippen molar-refractivity contribution >= 4 is 5.91 Å². The Kier molecular flexibility index (Phi) is 4.88. The van der Waals surface area contributed by atoms with Crippen LogP contribution in [0.2, 0.25) is 0 Å². The molecule has 4 aliphatic rings. The van der Waals surface area contributed by atoms with Gasteiger partial charge in [-0.3, -0.25) is 9.69 Å². The van der Waals surface area contributed by atoms with E-state index in [2.05, 4.69) is 9.80 Å². The summed E-state index contributed by atoms with van der Waals surface area (Å²) in [5.41, 5.74) is 0. The first kappa shape index (κ1) is 15.9. The molecule has 3 atom stereocenters. The van der Waals surface area contributed by atoms with Gasteiger partial charge in [0.05, 0.1) is 24.9 Å². The average Bonchev–Trinajstić information content (AvgIpc) is 3.28. The molecule has 130 valence electrons. The fourth-order valence-electron chi connectivity index (χ4n) is 4.83. The van der Waals surface area contributed by atoms with Gasteiger partial charge in [-0.25, -0.2) is 0 Å². The molecular formula is C18H30N2O3. The van der Waals surface area contributed by atoms with Crippen LogP contribution in [0.25, 0.3) is 0 Å². The summed E-state index contributed by atoms with van der Waals surface area (Å²) in [6.07, 6.45) is 8.82. The summed E-state index contributed by atoms with van der Waals surface area (Å²) in [5.74, 6) is 0.987. The number of hydrogen-bond acceptors (Lipinski definition) is 4. The van der Waals surface area contributed by atoms with E-state index in [1.807, 2.05) is 0 Å². The zero-order valence-corrected chi connectivity index (χ0v) is 14.1. The lowest BCUT2D eigenvalue weighted by atomic mass is 10.0. The molecule has 0 unspecified atom stereocenters. The summed E-state index contributed by atoms with van der Waals surface area (Å²) in [5, 5.41) is 0. The minimum atomic E-state index is 0.206. The molecule has 0 spiro atoms. The van der Waals surface area contributed by atoms with E-state index < -0.39 is 0 Å². The molecule has 1 aliphatic carbocycles. The molecule has 3 aliphatic heterocycles. The minimum Gasteiger partial charge on any atom is -0.377 e. The highest BCUT2D eigenvalue weighted by Crippen LogP contribution is 2.30. The molecule has 5 nitrogen and oxygen atoms in total. The highest BCUT2D eigenvalue weighted by atomic mass is 16.5. The molecule has 1 saturated carbocycles. The van der Waals surface area contributed by atoms with Crippen molar-refractivity contribution in [2.24, 2.45) is 5.92 Å². The highest BCUT2D eigenvalue weighted by Gasteiger charge is 2.42. The lowest BCUT2D eigenvalue weighted by molar-refractivity contribution is -0.131. The van der Waals surface area contributed by atoms with Crippen LogP contribution in [0, 0.1) is 5.92 Å². The van der Waals surface area contributed by atoms with Crippen LogP contribution in [0.3, 0.4) is 0 Å². The first-order valence-electron chi connectivity index (χ1n) is 9.54. The molecule has 0 aromatic rings. The zero-order chi connectivity index (χ0) is 15.6. The van der Waals surface area contributed by atoms with Gasteiger partial charge in [-0.15, -0.1) is 0 Å². The lowest BCUT2D eigenvalue weighted by Gasteiger charge is -2.37. The topological polar surface area (TPSA) is 42.0 Å². The molecule has 4 fully saturated rings. The van der Waals surface area contributed by atoms with Crippen molar-refractivity contribution in [2.75, 3.05) is 39.4 Å². The number of morpholine rings is 1. The second-order valence-electron chi connectivity index (χ2n) is 7.76. The van der Waals surface area contributed by atoms with Gasteiger partial charge in [0.25, 0.3) is 0 Å². The van der Waals surface area contributed by atoms with Gasteiger partial charge in [0.15, 0.2) is 0 Å². The second-order valence-corrected chi connectivity index (χ2v) is 7.76. The first-order chi connectivity index (χ1) is 11.3. The maximum Gasteiger partial charge on any atom is 0.222 e. The van der Waals surface area contributed by atoms with Gasteiger partial charge < -0.3 is 14.4 Å². The predicted octanol–water partition coefficient (Wildman–Crippen LogP) is 1.66. The van der Waals surface area contributed by atoms with Crippen LogP contribution in [0.15, 0.2) is 0 Å². The number of fused-ring (bicyclic) bond motifs is 1.